The smallest absolute Gasteiger partial charge is 0.273 e. The number of aryl methyl sites for hydroxylation is 1. The Hall–Kier alpha value is -2.70. The molecule has 1 fully saturated rings. The lowest BCUT2D eigenvalue weighted by Gasteiger charge is -2.30. The minimum Gasteiger partial charge on any atom is -0.354 e. The molecular weight excluding hydrogens is 571 g/mol. The average Bonchev–Trinajstić information content (AvgIpc) is 3.72. The highest BCUT2D eigenvalue weighted by atomic mass is 35.5. The molecule has 0 unspecified atom stereocenters. The molecule has 37 heavy (non-hydrogen) atoms. The van der Waals surface area contributed by atoms with Gasteiger partial charge < -0.3 is 9.42 Å². The molecule has 1 aliphatic heterocycles. The third kappa shape index (κ3) is 4.94. The molecule has 6 rings (SSSR count). The second kappa shape index (κ2) is 10.2. The summed E-state index contributed by atoms with van der Waals surface area (Å²) in [6.45, 7) is 3.22. The van der Waals surface area contributed by atoms with Crippen LogP contribution in [0.1, 0.15) is 39.9 Å². The van der Waals surface area contributed by atoms with Crippen LogP contribution in [0.2, 0.25) is 10.0 Å². The van der Waals surface area contributed by atoms with E-state index >= 15 is 0 Å². The first-order valence-corrected chi connectivity index (χ1v) is 14.7. The van der Waals surface area contributed by atoms with Gasteiger partial charge in [0.25, 0.3) is 5.91 Å². The van der Waals surface area contributed by atoms with Crippen LogP contribution in [-0.4, -0.2) is 48.6 Å². The van der Waals surface area contributed by atoms with Crippen LogP contribution in [0.4, 0.5) is 0 Å². The fraction of sp³-hybridized carbons (Fsp3) is 0.250. The predicted molar refractivity (Wildman–Crippen MR) is 147 cm³/mol. The summed E-state index contributed by atoms with van der Waals surface area (Å²) in [5, 5.41) is 14.8. The van der Waals surface area contributed by atoms with Gasteiger partial charge in [0.05, 0.1) is 20.7 Å². The number of amides is 1. The van der Waals surface area contributed by atoms with Crippen LogP contribution >= 0.6 is 57.4 Å². The van der Waals surface area contributed by atoms with Crippen molar-refractivity contribution in [3.63, 3.8) is 0 Å². The van der Waals surface area contributed by atoms with Crippen LogP contribution in [-0.2, 0) is 0 Å². The summed E-state index contributed by atoms with van der Waals surface area (Å²) in [5.74, 6) is 0.853. The second-order valence-electron chi connectivity index (χ2n) is 8.57. The highest BCUT2D eigenvalue weighted by molar-refractivity contribution is 7.18. The second-order valence-corrected chi connectivity index (χ2v) is 11.9. The van der Waals surface area contributed by atoms with Gasteiger partial charge in [-0.1, -0.05) is 38.9 Å². The average molecular weight is 590 g/mol. The monoisotopic (exact) mass is 588 g/mol. The van der Waals surface area contributed by atoms with E-state index in [1.807, 2.05) is 34.7 Å². The topological polar surface area (TPSA) is 97.9 Å². The number of halogens is 2. The number of likely N-dealkylation sites (tertiary alicyclic amines) is 1. The summed E-state index contributed by atoms with van der Waals surface area (Å²) < 4.78 is 9.52. The number of aromatic nitrogens is 5. The minimum absolute atomic E-state index is 0.0348. The van der Waals surface area contributed by atoms with E-state index in [2.05, 4.69) is 19.7 Å². The normalized spacial score (nSPS) is 14.4. The molecule has 13 heteroatoms. The molecule has 1 amide bonds. The molecule has 1 saturated heterocycles. The Balaban J connectivity index is 1.10. The lowest BCUT2D eigenvalue weighted by atomic mass is 9.97. The third-order valence-corrected chi connectivity index (χ3v) is 9.77. The van der Waals surface area contributed by atoms with Crippen LogP contribution in [0.3, 0.4) is 0 Å². The molecule has 0 saturated carbocycles. The molecule has 0 N–H and O–H groups in total. The Kier molecular flexibility index (Phi) is 6.80. The van der Waals surface area contributed by atoms with Gasteiger partial charge in [0.15, 0.2) is 5.76 Å². The molecular formula is C24H18Cl2N6O2S3. The Morgan fingerprint density at radius 2 is 1.89 bits per heavy atom. The Labute approximate surface area is 234 Å². The number of thiazole rings is 2. The van der Waals surface area contributed by atoms with E-state index in [0.29, 0.717) is 40.3 Å². The molecule has 0 bridgehead atoms. The molecule has 0 radical (unpaired) electrons. The van der Waals surface area contributed by atoms with Crippen molar-refractivity contribution >= 4 is 63.3 Å². The predicted octanol–water partition coefficient (Wildman–Crippen LogP) is 7.08. The van der Waals surface area contributed by atoms with E-state index in [1.165, 1.54) is 22.9 Å². The summed E-state index contributed by atoms with van der Waals surface area (Å²) >= 11 is 16.5. The Morgan fingerprint density at radius 3 is 2.65 bits per heavy atom. The minimum atomic E-state index is -0.0348. The zero-order chi connectivity index (χ0) is 25.5. The van der Waals surface area contributed by atoms with Crippen LogP contribution in [0.5, 0.6) is 0 Å². The van der Waals surface area contributed by atoms with E-state index in [-0.39, 0.29) is 11.8 Å². The van der Waals surface area contributed by atoms with E-state index in [4.69, 9.17) is 32.7 Å². The standard InChI is InChI=1S/C24H18Cl2N6O2S3/c1-12-21(37-31-29-12)23-28-19(11-36-23)24(33)32-6-4-13(5-7-32)22-27-18(10-35-22)20-9-17(30-34-20)14-2-3-15(25)16(26)8-14/h2-3,8-11,13H,4-7H2,1H3. The SMILES string of the molecule is Cc1nnsc1-c1nc(C(=O)N2CCC(c3nc(-c4cc(-c5ccc(Cl)c(Cl)c5)no4)cs3)CC2)cs1. The van der Waals surface area contributed by atoms with Crippen LogP contribution in [0, 0.1) is 6.92 Å². The van der Waals surface area contributed by atoms with E-state index in [9.17, 15) is 4.79 Å². The Bertz CT molecular complexity index is 1580. The first-order valence-electron chi connectivity index (χ1n) is 11.4. The van der Waals surface area contributed by atoms with Gasteiger partial charge in [0.2, 0.25) is 0 Å². The van der Waals surface area contributed by atoms with Crippen molar-refractivity contribution in [3.8, 4) is 32.6 Å². The number of nitrogens with zero attached hydrogens (tertiary/aromatic N) is 6. The molecule has 8 nitrogen and oxygen atoms in total. The zero-order valence-electron chi connectivity index (χ0n) is 19.4. The molecule has 5 heterocycles. The first-order chi connectivity index (χ1) is 18.0. The molecule has 1 aromatic carbocycles. The molecule has 0 aliphatic carbocycles. The van der Waals surface area contributed by atoms with Gasteiger partial charge in [0.1, 0.15) is 27.0 Å². The van der Waals surface area contributed by atoms with Gasteiger partial charge in [-0.25, -0.2) is 9.97 Å². The van der Waals surface area contributed by atoms with Crippen molar-refractivity contribution in [2.24, 2.45) is 0 Å². The molecule has 4 aromatic heterocycles. The van der Waals surface area contributed by atoms with Gasteiger partial charge in [-0.3, -0.25) is 4.79 Å². The number of hydrogen-bond acceptors (Lipinski definition) is 10. The largest absolute Gasteiger partial charge is 0.354 e. The summed E-state index contributed by atoms with van der Waals surface area (Å²) in [6, 6.07) is 7.20. The zero-order valence-corrected chi connectivity index (χ0v) is 23.3. The highest BCUT2D eigenvalue weighted by Crippen LogP contribution is 2.36. The van der Waals surface area contributed by atoms with Gasteiger partial charge in [-0.05, 0) is 43.4 Å². The fourth-order valence-corrected chi connectivity index (χ4v) is 7.03. The lowest BCUT2D eigenvalue weighted by Crippen LogP contribution is -2.38. The van der Waals surface area contributed by atoms with E-state index in [0.717, 1.165) is 44.7 Å². The molecule has 0 spiro atoms. The van der Waals surface area contributed by atoms with E-state index < -0.39 is 0 Å². The first kappa shape index (κ1) is 24.6. The number of hydrogen-bond donors (Lipinski definition) is 0. The quantitative estimate of drug-likeness (QED) is 0.216. The summed E-state index contributed by atoms with van der Waals surface area (Å²) in [4.78, 5) is 25.2. The van der Waals surface area contributed by atoms with Crippen molar-refractivity contribution in [1.82, 2.24) is 29.6 Å². The van der Waals surface area contributed by atoms with Crippen molar-refractivity contribution in [3.05, 3.63) is 61.5 Å². The molecule has 0 atom stereocenters. The van der Waals surface area contributed by atoms with Gasteiger partial charge in [-0.2, -0.15) is 0 Å². The van der Waals surface area contributed by atoms with Gasteiger partial charge in [0, 0.05) is 41.4 Å². The number of carbonyl (C=O) groups is 1. The summed E-state index contributed by atoms with van der Waals surface area (Å²) in [7, 11) is 0. The van der Waals surface area contributed by atoms with E-state index in [1.54, 1.807) is 23.5 Å². The number of rotatable bonds is 5. The number of benzene rings is 1. The maximum Gasteiger partial charge on any atom is 0.273 e. The number of piperidine rings is 1. The van der Waals surface area contributed by atoms with Gasteiger partial charge in [-0.15, -0.1) is 27.8 Å². The molecule has 5 aromatic rings. The van der Waals surface area contributed by atoms with Crippen LogP contribution in [0.15, 0.2) is 39.5 Å². The molecule has 188 valence electrons. The number of carbonyl (C=O) groups excluding carboxylic acids is 1. The summed E-state index contributed by atoms with van der Waals surface area (Å²) in [5.41, 5.74) is 3.55. The van der Waals surface area contributed by atoms with Gasteiger partial charge >= 0.3 is 0 Å². The third-order valence-electron chi connectivity index (χ3n) is 6.20. The van der Waals surface area contributed by atoms with Crippen molar-refractivity contribution in [1.29, 1.82) is 0 Å². The molecule has 1 aliphatic rings. The summed E-state index contributed by atoms with van der Waals surface area (Å²) in [6.07, 6.45) is 1.69. The maximum atomic E-state index is 13.1. The van der Waals surface area contributed by atoms with Crippen molar-refractivity contribution in [2.45, 2.75) is 25.7 Å². The van der Waals surface area contributed by atoms with Crippen LogP contribution < -0.4 is 0 Å². The fourth-order valence-electron chi connectivity index (χ4n) is 4.17. The highest BCUT2D eigenvalue weighted by Gasteiger charge is 2.28. The van der Waals surface area contributed by atoms with Crippen LogP contribution in [0.25, 0.3) is 32.6 Å². The lowest BCUT2D eigenvalue weighted by molar-refractivity contribution is 0.0708. The van der Waals surface area contributed by atoms with Crippen molar-refractivity contribution in [2.75, 3.05) is 13.1 Å². The Morgan fingerprint density at radius 1 is 1.05 bits per heavy atom. The maximum absolute atomic E-state index is 13.1. The van der Waals surface area contributed by atoms with Crippen molar-refractivity contribution < 1.29 is 9.32 Å².